The van der Waals surface area contributed by atoms with Crippen LogP contribution in [0.1, 0.15) is 5.56 Å². The number of aliphatic imine (C=N–C) groups is 1. The number of fused-ring (bicyclic) bond motifs is 3. The molecule has 0 saturated heterocycles. The monoisotopic (exact) mass is 361 g/mol. The van der Waals surface area contributed by atoms with Crippen molar-refractivity contribution < 1.29 is 4.84 Å². The molecule has 0 radical (unpaired) electrons. The van der Waals surface area contributed by atoms with Gasteiger partial charge in [0.15, 0.2) is 12.6 Å². The van der Waals surface area contributed by atoms with Crippen molar-refractivity contribution in [3.8, 4) is 0 Å². The number of benzene rings is 2. The highest BCUT2D eigenvalue weighted by atomic mass is 35.5. The van der Waals surface area contributed by atoms with Crippen molar-refractivity contribution in [2.45, 2.75) is 6.54 Å². The summed E-state index contributed by atoms with van der Waals surface area (Å²) in [6.07, 6.45) is 0. The number of hydrazone groups is 1. The van der Waals surface area contributed by atoms with Crippen molar-refractivity contribution in [2.75, 3.05) is 11.8 Å². The van der Waals surface area contributed by atoms with Gasteiger partial charge in [-0.2, -0.15) is 10.2 Å². The Kier molecular flexibility index (Phi) is 3.80. The van der Waals surface area contributed by atoms with Gasteiger partial charge >= 0.3 is 0 Å². The Balaban J connectivity index is 1.66. The van der Waals surface area contributed by atoms with E-state index in [2.05, 4.69) is 10.1 Å². The first-order valence-corrected chi connectivity index (χ1v) is 8.02. The molecule has 2 aromatic carbocycles. The number of nitrogens with two attached hydrogens (primary N) is 1. The lowest BCUT2D eigenvalue weighted by molar-refractivity contribution is 0.0135. The minimum atomic E-state index is 0.243. The molecule has 0 atom stereocenters. The summed E-state index contributed by atoms with van der Waals surface area (Å²) in [5, 5.41) is 9.01. The van der Waals surface area contributed by atoms with Gasteiger partial charge in [0.2, 0.25) is 5.84 Å². The Morgan fingerprint density at radius 1 is 1.08 bits per heavy atom. The fraction of sp³-hybridized carbons (Fsp3) is 0.125. The second kappa shape index (κ2) is 5.98. The van der Waals surface area contributed by atoms with Crippen LogP contribution in [0.5, 0.6) is 0 Å². The van der Waals surface area contributed by atoms with Gasteiger partial charge in [0, 0.05) is 15.6 Å². The van der Waals surface area contributed by atoms with Crippen molar-refractivity contribution in [1.82, 2.24) is 5.01 Å². The van der Waals surface area contributed by atoms with Crippen molar-refractivity contribution in [3.05, 3.63) is 58.1 Å². The third-order valence-corrected chi connectivity index (χ3v) is 4.45. The molecule has 0 aliphatic carbocycles. The van der Waals surface area contributed by atoms with Gasteiger partial charge in [0.05, 0.1) is 17.9 Å². The lowest BCUT2D eigenvalue weighted by Crippen LogP contribution is -2.49. The van der Waals surface area contributed by atoms with Crippen LogP contribution in [0.15, 0.2) is 52.6 Å². The van der Waals surface area contributed by atoms with E-state index in [-0.39, 0.29) is 6.73 Å². The molecule has 0 spiro atoms. The van der Waals surface area contributed by atoms with E-state index < -0.39 is 0 Å². The molecule has 0 amide bonds. The molecule has 0 fully saturated rings. The number of hydrogen-bond acceptors (Lipinski definition) is 6. The lowest BCUT2D eigenvalue weighted by Gasteiger charge is -2.35. The van der Waals surface area contributed by atoms with E-state index >= 15 is 0 Å². The maximum Gasteiger partial charge on any atom is 0.220 e. The van der Waals surface area contributed by atoms with E-state index in [4.69, 9.17) is 33.8 Å². The van der Waals surface area contributed by atoms with Crippen molar-refractivity contribution in [1.29, 1.82) is 0 Å². The molecule has 2 aliphatic heterocycles. The van der Waals surface area contributed by atoms with E-state index in [0.29, 0.717) is 28.3 Å². The Bertz CT molecular complexity index is 847. The third kappa shape index (κ3) is 2.58. The van der Waals surface area contributed by atoms with Crippen LogP contribution < -0.4 is 10.8 Å². The zero-order chi connectivity index (χ0) is 16.7. The van der Waals surface area contributed by atoms with Crippen LogP contribution in [-0.4, -0.2) is 23.4 Å². The highest BCUT2D eigenvalue weighted by Crippen LogP contribution is 2.34. The number of nitrogens with zero attached hydrogens (tertiary/aromatic N) is 4. The van der Waals surface area contributed by atoms with Crippen LogP contribution in [0.4, 0.5) is 11.4 Å². The predicted octanol–water partition coefficient (Wildman–Crippen LogP) is 3.52. The smallest absolute Gasteiger partial charge is 0.220 e. The van der Waals surface area contributed by atoms with Crippen LogP contribution in [0.25, 0.3) is 0 Å². The lowest BCUT2D eigenvalue weighted by atomic mass is 10.2. The summed E-state index contributed by atoms with van der Waals surface area (Å²) < 4.78 is 0. The average Bonchev–Trinajstić information content (AvgIpc) is 2.58. The summed E-state index contributed by atoms with van der Waals surface area (Å²) in [6.45, 7) is 0.650. The molecule has 0 saturated carbocycles. The summed E-state index contributed by atoms with van der Waals surface area (Å²) >= 11 is 12.4. The molecule has 122 valence electrons. The number of halogens is 2. The molecule has 2 N–H and O–H groups in total. The van der Waals surface area contributed by atoms with Gasteiger partial charge in [-0.3, -0.25) is 5.01 Å². The molecule has 8 heteroatoms. The number of anilines is 1. The van der Waals surface area contributed by atoms with Crippen LogP contribution in [0.2, 0.25) is 10.0 Å². The van der Waals surface area contributed by atoms with Crippen molar-refractivity contribution >= 4 is 46.2 Å². The predicted molar refractivity (Wildman–Crippen MR) is 95.6 cm³/mol. The normalized spacial score (nSPS) is 16.2. The summed E-state index contributed by atoms with van der Waals surface area (Å²) in [7, 11) is 0. The van der Waals surface area contributed by atoms with Crippen LogP contribution in [0, 0.1) is 0 Å². The molecule has 0 bridgehead atoms. The summed E-state index contributed by atoms with van der Waals surface area (Å²) in [6, 6.07) is 13.0. The van der Waals surface area contributed by atoms with Gasteiger partial charge < -0.3 is 5.73 Å². The number of amidine groups is 2. The van der Waals surface area contributed by atoms with E-state index in [1.807, 2.05) is 24.3 Å². The maximum atomic E-state index is 6.22. The molecule has 2 aliphatic rings. The molecule has 6 nitrogen and oxygen atoms in total. The van der Waals surface area contributed by atoms with Crippen LogP contribution in [-0.2, 0) is 11.4 Å². The maximum absolute atomic E-state index is 6.22. The van der Waals surface area contributed by atoms with Gasteiger partial charge in [0.25, 0.3) is 0 Å². The number of rotatable bonds is 2. The van der Waals surface area contributed by atoms with Gasteiger partial charge in [-0.1, -0.05) is 41.4 Å². The summed E-state index contributed by atoms with van der Waals surface area (Å²) in [5.41, 5.74) is 8.38. The van der Waals surface area contributed by atoms with E-state index in [1.54, 1.807) is 28.3 Å². The first-order chi connectivity index (χ1) is 11.6. The minimum absolute atomic E-state index is 0.243. The third-order valence-electron chi connectivity index (χ3n) is 3.74. The molecule has 4 rings (SSSR count). The van der Waals surface area contributed by atoms with Crippen LogP contribution >= 0.6 is 23.2 Å². The van der Waals surface area contributed by atoms with Crippen molar-refractivity contribution in [2.24, 2.45) is 15.8 Å². The topological polar surface area (TPSA) is 66.4 Å². The standard InChI is InChI=1S/C16H13Cl2N5O/c17-11-4-3-5-12(18)10(11)8-22-9-24-23-14-7-2-1-6-13(14)20-15(19)16(23)21-22/h1-7H,8-9H2,(H2,19,20). The first-order valence-electron chi connectivity index (χ1n) is 7.26. The summed E-state index contributed by atoms with van der Waals surface area (Å²) in [5.74, 6) is 0.742. The molecule has 2 aromatic rings. The molecule has 0 aromatic heterocycles. The quantitative estimate of drug-likeness (QED) is 0.888. The molecular formula is C16H13Cl2N5O. The van der Waals surface area contributed by atoms with E-state index in [9.17, 15) is 0 Å². The van der Waals surface area contributed by atoms with Gasteiger partial charge in [-0.05, 0) is 24.3 Å². The van der Waals surface area contributed by atoms with E-state index in [0.717, 1.165) is 16.9 Å². The number of hydroxylamine groups is 1. The Morgan fingerprint density at radius 3 is 2.62 bits per heavy atom. The zero-order valence-corrected chi connectivity index (χ0v) is 14.0. The summed E-state index contributed by atoms with van der Waals surface area (Å²) in [4.78, 5) is 10.2. The second-order valence-corrected chi connectivity index (χ2v) is 6.14. The molecule has 24 heavy (non-hydrogen) atoms. The fourth-order valence-electron chi connectivity index (χ4n) is 2.58. The Hall–Kier alpha value is -2.28. The van der Waals surface area contributed by atoms with E-state index in [1.165, 1.54) is 0 Å². The zero-order valence-electron chi connectivity index (χ0n) is 12.5. The van der Waals surface area contributed by atoms with Crippen LogP contribution in [0.3, 0.4) is 0 Å². The Morgan fingerprint density at radius 2 is 1.83 bits per heavy atom. The van der Waals surface area contributed by atoms with Crippen molar-refractivity contribution in [3.63, 3.8) is 0 Å². The molecule has 2 heterocycles. The fourth-order valence-corrected chi connectivity index (χ4v) is 3.10. The minimum Gasteiger partial charge on any atom is -0.380 e. The number of hydrogen-bond donors (Lipinski definition) is 1. The van der Waals surface area contributed by atoms with Gasteiger partial charge in [-0.15, -0.1) is 0 Å². The average molecular weight is 362 g/mol. The van der Waals surface area contributed by atoms with Gasteiger partial charge in [-0.25, -0.2) is 9.83 Å². The molecular weight excluding hydrogens is 349 g/mol. The highest BCUT2D eigenvalue weighted by Gasteiger charge is 2.30. The largest absolute Gasteiger partial charge is 0.380 e. The Labute approximate surface area is 148 Å². The van der Waals surface area contributed by atoms with Gasteiger partial charge in [0.1, 0.15) is 0 Å². The molecule has 0 unspecified atom stereocenters. The highest BCUT2D eigenvalue weighted by molar-refractivity contribution is 6.46. The SMILES string of the molecule is NC1=Nc2ccccc2N2OCN(Cc3c(Cl)cccc3Cl)N=C12. The second-order valence-electron chi connectivity index (χ2n) is 5.33. The first kappa shape index (κ1) is 15.3. The number of para-hydroxylation sites is 2.